The molecular weight excluding hydrogens is 320 g/mol. The number of nitrogens with one attached hydrogen (secondary N) is 1. The van der Waals surface area contributed by atoms with Crippen molar-refractivity contribution < 1.29 is 0 Å². The average Bonchev–Trinajstić information content (AvgIpc) is 2.98. The number of anilines is 1. The summed E-state index contributed by atoms with van der Waals surface area (Å²) in [5, 5.41) is 8.20. The Morgan fingerprint density at radius 3 is 2.42 bits per heavy atom. The van der Waals surface area contributed by atoms with Crippen LogP contribution in [0.2, 0.25) is 0 Å². The minimum absolute atomic E-state index is 0.0228. The van der Waals surface area contributed by atoms with E-state index in [1.54, 1.807) is 0 Å². The predicted molar refractivity (Wildman–Crippen MR) is 110 cm³/mol. The van der Waals surface area contributed by atoms with E-state index in [1.165, 1.54) is 5.56 Å². The summed E-state index contributed by atoms with van der Waals surface area (Å²) in [7, 11) is 0. The van der Waals surface area contributed by atoms with Crippen molar-refractivity contribution in [3.63, 3.8) is 0 Å². The summed E-state index contributed by atoms with van der Waals surface area (Å²) in [5.74, 6) is 1.68. The van der Waals surface area contributed by atoms with E-state index in [-0.39, 0.29) is 5.41 Å². The van der Waals surface area contributed by atoms with Crippen LogP contribution in [-0.2, 0) is 5.41 Å². The lowest BCUT2D eigenvalue weighted by Gasteiger charge is -2.20. The monoisotopic (exact) mass is 350 g/mol. The number of hydrogen-bond donors (Lipinski definition) is 1. The fourth-order valence-corrected chi connectivity index (χ4v) is 2.90. The first-order valence-corrected chi connectivity index (χ1v) is 9.46. The maximum absolute atomic E-state index is 4.97. The third-order valence-corrected chi connectivity index (χ3v) is 4.63. The highest BCUT2D eigenvalue weighted by Gasteiger charge is 2.20. The Morgan fingerprint density at radius 1 is 1.12 bits per heavy atom. The van der Waals surface area contributed by atoms with Gasteiger partial charge in [-0.15, -0.1) is 0 Å². The summed E-state index contributed by atoms with van der Waals surface area (Å²) in [6.45, 7) is 14.1. The third-order valence-electron chi connectivity index (χ3n) is 4.63. The molecule has 1 aromatic carbocycles. The lowest BCUT2D eigenvalue weighted by atomic mass is 9.92. The largest absolute Gasteiger partial charge is 0.370 e. The van der Waals surface area contributed by atoms with Gasteiger partial charge in [-0.05, 0) is 24.8 Å². The van der Waals surface area contributed by atoms with Crippen molar-refractivity contribution in [2.24, 2.45) is 5.92 Å². The van der Waals surface area contributed by atoms with Crippen LogP contribution in [0, 0.1) is 12.8 Å². The molecule has 1 N–H and O–H groups in total. The summed E-state index contributed by atoms with van der Waals surface area (Å²) in [6, 6.07) is 10.7. The highest BCUT2D eigenvalue weighted by atomic mass is 15.3. The minimum Gasteiger partial charge on any atom is -0.370 e. The zero-order chi connectivity index (χ0) is 18.9. The van der Waals surface area contributed by atoms with Crippen LogP contribution >= 0.6 is 0 Å². The molecule has 0 saturated carbocycles. The Hall–Kier alpha value is -2.36. The number of nitrogens with zero attached hydrogens (tertiary/aromatic N) is 3. The fraction of sp³-hybridized carbons (Fsp3) is 0.455. The van der Waals surface area contributed by atoms with Crippen molar-refractivity contribution in [1.29, 1.82) is 0 Å². The Kier molecular flexibility index (Phi) is 5.03. The molecular formula is C22H30N4. The summed E-state index contributed by atoms with van der Waals surface area (Å²) in [5.41, 5.74) is 5.44. The van der Waals surface area contributed by atoms with Crippen molar-refractivity contribution in [3.8, 4) is 11.1 Å². The average molecular weight is 351 g/mol. The van der Waals surface area contributed by atoms with Crippen LogP contribution < -0.4 is 5.32 Å². The second-order valence-electron chi connectivity index (χ2n) is 8.55. The number of benzene rings is 1. The van der Waals surface area contributed by atoms with E-state index < -0.39 is 0 Å². The van der Waals surface area contributed by atoms with Gasteiger partial charge in [-0.25, -0.2) is 4.98 Å². The lowest BCUT2D eigenvalue weighted by Crippen LogP contribution is -2.17. The van der Waals surface area contributed by atoms with E-state index in [1.807, 2.05) is 10.7 Å². The predicted octanol–water partition coefficient (Wildman–Crippen LogP) is 5.46. The molecule has 0 aliphatic heterocycles. The fourth-order valence-electron chi connectivity index (χ4n) is 2.90. The summed E-state index contributed by atoms with van der Waals surface area (Å²) >= 11 is 0. The van der Waals surface area contributed by atoms with E-state index in [2.05, 4.69) is 82.3 Å². The minimum atomic E-state index is -0.0228. The van der Waals surface area contributed by atoms with Gasteiger partial charge in [0.1, 0.15) is 5.82 Å². The van der Waals surface area contributed by atoms with Crippen LogP contribution in [0.4, 0.5) is 5.82 Å². The van der Waals surface area contributed by atoms with Crippen LogP contribution in [0.25, 0.3) is 16.8 Å². The molecule has 0 bridgehead atoms. The van der Waals surface area contributed by atoms with E-state index in [0.29, 0.717) is 5.92 Å². The molecule has 0 aliphatic rings. The highest BCUT2D eigenvalue weighted by Crippen LogP contribution is 2.29. The molecule has 4 heteroatoms. The van der Waals surface area contributed by atoms with Gasteiger partial charge in [0.05, 0.1) is 11.9 Å². The third kappa shape index (κ3) is 3.90. The molecule has 0 amide bonds. The van der Waals surface area contributed by atoms with E-state index in [4.69, 9.17) is 4.98 Å². The number of fused-ring (bicyclic) bond motifs is 1. The molecule has 2 heterocycles. The van der Waals surface area contributed by atoms with Gasteiger partial charge in [0.15, 0.2) is 5.65 Å². The van der Waals surface area contributed by atoms with Crippen LogP contribution in [0.3, 0.4) is 0 Å². The molecule has 0 spiro atoms. The lowest BCUT2D eigenvalue weighted by molar-refractivity contribution is 0.568. The normalized spacial score (nSPS) is 12.1. The molecule has 4 nitrogen and oxygen atoms in total. The van der Waals surface area contributed by atoms with Gasteiger partial charge in [-0.2, -0.15) is 9.61 Å². The smallest absolute Gasteiger partial charge is 0.165 e. The van der Waals surface area contributed by atoms with Crippen molar-refractivity contribution >= 4 is 11.5 Å². The molecule has 3 rings (SSSR count). The first-order chi connectivity index (χ1) is 12.3. The van der Waals surface area contributed by atoms with Gasteiger partial charge in [-0.3, -0.25) is 0 Å². The number of hydrogen-bond acceptors (Lipinski definition) is 3. The topological polar surface area (TPSA) is 42.2 Å². The standard InChI is InChI=1S/C22H30N4/c1-15(2)11-12-23-20-13-19(22(4,5)6)25-21-18(14-24-26(20)21)17-9-7-16(3)8-10-17/h7-10,13-15,23H,11-12H2,1-6H3. The van der Waals surface area contributed by atoms with E-state index >= 15 is 0 Å². The van der Waals surface area contributed by atoms with Crippen molar-refractivity contribution in [1.82, 2.24) is 14.6 Å². The number of rotatable bonds is 5. The quantitative estimate of drug-likeness (QED) is 0.664. The molecule has 0 fully saturated rings. The summed E-state index contributed by atoms with van der Waals surface area (Å²) in [4.78, 5) is 4.97. The Balaban J connectivity index is 2.10. The van der Waals surface area contributed by atoms with Gasteiger partial charge >= 0.3 is 0 Å². The van der Waals surface area contributed by atoms with Gasteiger partial charge in [0, 0.05) is 23.6 Å². The first kappa shape index (κ1) is 18.4. The Bertz CT molecular complexity index is 883. The molecule has 0 radical (unpaired) electrons. The maximum atomic E-state index is 4.97. The Morgan fingerprint density at radius 2 is 1.81 bits per heavy atom. The molecule has 138 valence electrons. The molecule has 0 aliphatic carbocycles. The van der Waals surface area contributed by atoms with Crippen molar-refractivity contribution in [3.05, 3.63) is 47.8 Å². The van der Waals surface area contributed by atoms with Crippen molar-refractivity contribution in [2.45, 2.75) is 53.4 Å². The summed E-state index contributed by atoms with van der Waals surface area (Å²) < 4.78 is 1.94. The van der Waals surface area contributed by atoms with Crippen LogP contribution in [0.1, 0.15) is 52.3 Å². The first-order valence-electron chi connectivity index (χ1n) is 9.46. The van der Waals surface area contributed by atoms with Gasteiger partial charge in [0.25, 0.3) is 0 Å². The second kappa shape index (κ2) is 7.10. The Labute approximate surface area is 156 Å². The van der Waals surface area contributed by atoms with E-state index in [9.17, 15) is 0 Å². The van der Waals surface area contributed by atoms with Gasteiger partial charge < -0.3 is 5.32 Å². The molecule has 2 aromatic heterocycles. The summed E-state index contributed by atoms with van der Waals surface area (Å²) in [6.07, 6.45) is 3.05. The van der Waals surface area contributed by atoms with E-state index in [0.717, 1.165) is 41.3 Å². The molecule has 3 aromatic rings. The highest BCUT2D eigenvalue weighted by molar-refractivity contribution is 5.78. The maximum Gasteiger partial charge on any atom is 0.165 e. The zero-order valence-corrected chi connectivity index (χ0v) is 16.8. The van der Waals surface area contributed by atoms with Crippen LogP contribution in [0.5, 0.6) is 0 Å². The second-order valence-corrected chi connectivity index (χ2v) is 8.55. The zero-order valence-electron chi connectivity index (χ0n) is 16.8. The molecule has 0 saturated heterocycles. The number of aryl methyl sites for hydroxylation is 1. The van der Waals surface area contributed by atoms with Gasteiger partial charge in [0.2, 0.25) is 0 Å². The van der Waals surface area contributed by atoms with Crippen LogP contribution in [0.15, 0.2) is 36.5 Å². The molecule has 0 atom stereocenters. The molecule has 26 heavy (non-hydrogen) atoms. The van der Waals surface area contributed by atoms with Crippen molar-refractivity contribution in [2.75, 3.05) is 11.9 Å². The number of aromatic nitrogens is 3. The van der Waals surface area contributed by atoms with Crippen LogP contribution in [-0.4, -0.2) is 21.1 Å². The SMILES string of the molecule is Cc1ccc(-c2cnn3c(NCCC(C)C)cc(C(C)(C)C)nc23)cc1. The molecule has 0 unspecified atom stereocenters. The van der Waals surface area contributed by atoms with Gasteiger partial charge in [-0.1, -0.05) is 64.4 Å².